The van der Waals surface area contributed by atoms with Gasteiger partial charge in [0.05, 0.1) is 6.10 Å². The van der Waals surface area contributed by atoms with Crippen molar-refractivity contribution in [2.24, 2.45) is 0 Å². The number of aliphatic hydroxyl groups is 1. The largest absolute Gasteiger partial charge is 0.390 e. The average molecular weight is 346 g/mol. The molecule has 3 rings (SSSR count). The third-order valence-corrected chi connectivity index (χ3v) is 5.18. The van der Waals surface area contributed by atoms with Crippen molar-refractivity contribution in [3.8, 4) is 0 Å². The Morgan fingerprint density at radius 1 is 1.21 bits per heavy atom. The van der Waals surface area contributed by atoms with Crippen LogP contribution < -0.4 is 4.90 Å². The number of piperazine rings is 1. The maximum atomic E-state index is 10.4. The molecule has 5 nitrogen and oxygen atoms in total. The highest BCUT2D eigenvalue weighted by Gasteiger charge is 2.21. The summed E-state index contributed by atoms with van der Waals surface area (Å²) in [4.78, 5) is 11.2. The van der Waals surface area contributed by atoms with Gasteiger partial charge < -0.3 is 10.0 Å². The summed E-state index contributed by atoms with van der Waals surface area (Å²) in [5.41, 5.74) is 1.28. The number of benzene rings is 1. The topological polar surface area (TPSA) is 42.8 Å². The summed E-state index contributed by atoms with van der Waals surface area (Å²) in [5.74, 6) is 0. The minimum absolute atomic E-state index is 0.315. The van der Waals surface area contributed by atoms with Gasteiger partial charge in [0.25, 0.3) is 0 Å². The summed E-state index contributed by atoms with van der Waals surface area (Å²) in [6.07, 6.45) is 1.55. The highest BCUT2D eigenvalue weighted by atomic mass is 32.1. The van der Waals surface area contributed by atoms with Crippen molar-refractivity contribution in [2.75, 3.05) is 51.2 Å². The Balaban J connectivity index is 1.38. The van der Waals surface area contributed by atoms with E-state index in [9.17, 15) is 5.11 Å². The van der Waals surface area contributed by atoms with Crippen molar-refractivity contribution >= 4 is 16.5 Å². The van der Waals surface area contributed by atoms with Gasteiger partial charge >= 0.3 is 0 Å². The number of aliphatic hydroxyl groups excluding tert-OH is 1. The molecule has 1 aromatic heterocycles. The molecule has 0 bridgehead atoms. The Kier molecular flexibility index (Phi) is 6.20. The molecule has 1 N–H and O–H groups in total. The zero-order valence-electron chi connectivity index (χ0n) is 14.2. The Morgan fingerprint density at radius 3 is 2.62 bits per heavy atom. The van der Waals surface area contributed by atoms with Crippen molar-refractivity contribution in [3.63, 3.8) is 0 Å². The number of nitrogens with zero attached hydrogens (tertiary/aromatic N) is 4. The van der Waals surface area contributed by atoms with Gasteiger partial charge in [-0.1, -0.05) is 30.3 Å². The SMILES string of the molecule is CN(Cc1ccccc1)C[C@@H](O)CN1CCN(c2nccs2)CC1. The molecule has 6 heteroatoms. The number of aromatic nitrogens is 1. The first-order valence-electron chi connectivity index (χ1n) is 8.48. The van der Waals surface area contributed by atoms with Crippen LogP contribution in [0.2, 0.25) is 0 Å². The fourth-order valence-electron chi connectivity index (χ4n) is 3.17. The molecule has 130 valence electrons. The molecule has 1 fully saturated rings. The maximum Gasteiger partial charge on any atom is 0.185 e. The van der Waals surface area contributed by atoms with Crippen LogP contribution >= 0.6 is 11.3 Å². The second kappa shape index (κ2) is 8.58. The van der Waals surface area contributed by atoms with Gasteiger partial charge in [0.15, 0.2) is 5.13 Å². The Morgan fingerprint density at radius 2 is 1.96 bits per heavy atom. The Bertz CT molecular complexity index is 584. The standard InChI is InChI=1S/C18H26N4OS/c1-20(13-16-5-3-2-4-6-16)14-17(23)15-21-8-10-22(11-9-21)18-19-7-12-24-18/h2-7,12,17,23H,8-11,13-15H2,1H3/t17-/m1/s1. The van der Waals surface area contributed by atoms with Gasteiger partial charge in [0.2, 0.25) is 0 Å². The molecule has 2 aromatic rings. The molecule has 1 aliphatic rings. The lowest BCUT2D eigenvalue weighted by molar-refractivity contribution is 0.0776. The van der Waals surface area contributed by atoms with E-state index in [1.54, 1.807) is 11.3 Å². The molecule has 24 heavy (non-hydrogen) atoms. The number of likely N-dealkylation sites (N-methyl/N-ethyl adjacent to an activating group) is 1. The van der Waals surface area contributed by atoms with E-state index >= 15 is 0 Å². The van der Waals surface area contributed by atoms with Crippen LogP contribution in [0, 0.1) is 0 Å². The van der Waals surface area contributed by atoms with Gasteiger partial charge in [0, 0.05) is 57.4 Å². The molecule has 0 amide bonds. The van der Waals surface area contributed by atoms with Crippen LogP contribution in [0.25, 0.3) is 0 Å². The molecule has 0 radical (unpaired) electrons. The van der Waals surface area contributed by atoms with E-state index in [1.807, 2.05) is 17.6 Å². The lowest BCUT2D eigenvalue weighted by Crippen LogP contribution is -2.49. The molecule has 0 spiro atoms. The van der Waals surface area contributed by atoms with E-state index in [-0.39, 0.29) is 6.10 Å². The highest BCUT2D eigenvalue weighted by molar-refractivity contribution is 7.13. The third-order valence-electron chi connectivity index (χ3n) is 4.35. The molecule has 2 heterocycles. The van der Waals surface area contributed by atoms with Gasteiger partial charge in [0.1, 0.15) is 0 Å². The Hall–Kier alpha value is -1.47. The molecule has 1 saturated heterocycles. The molecule has 1 aromatic carbocycles. The smallest absolute Gasteiger partial charge is 0.185 e. The van der Waals surface area contributed by atoms with E-state index in [4.69, 9.17) is 0 Å². The Labute approximate surface area is 148 Å². The van der Waals surface area contributed by atoms with Crippen molar-refractivity contribution in [3.05, 3.63) is 47.5 Å². The number of hydrogen-bond donors (Lipinski definition) is 1. The second-order valence-corrected chi connectivity index (χ2v) is 7.31. The molecule has 0 aliphatic carbocycles. The number of thiazole rings is 1. The monoisotopic (exact) mass is 346 g/mol. The predicted octanol–water partition coefficient (Wildman–Crippen LogP) is 1.76. The lowest BCUT2D eigenvalue weighted by atomic mass is 10.2. The van der Waals surface area contributed by atoms with Crippen LogP contribution in [0.1, 0.15) is 5.56 Å². The zero-order valence-corrected chi connectivity index (χ0v) is 15.0. The maximum absolute atomic E-state index is 10.4. The lowest BCUT2D eigenvalue weighted by Gasteiger charge is -2.36. The zero-order chi connectivity index (χ0) is 16.8. The normalized spacial score (nSPS) is 17.4. The van der Waals surface area contributed by atoms with Gasteiger partial charge in [-0.3, -0.25) is 9.80 Å². The summed E-state index contributed by atoms with van der Waals surface area (Å²) in [7, 11) is 2.07. The molecule has 0 saturated carbocycles. The number of hydrogen-bond acceptors (Lipinski definition) is 6. The van der Waals surface area contributed by atoms with E-state index in [0.717, 1.165) is 44.4 Å². The summed E-state index contributed by atoms with van der Waals surface area (Å²) in [6, 6.07) is 10.4. The van der Waals surface area contributed by atoms with Crippen molar-refractivity contribution < 1.29 is 5.11 Å². The summed E-state index contributed by atoms with van der Waals surface area (Å²) >= 11 is 1.69. The first-order chi connectivity index (χ1) is 11.7. The summed E-state index contributed by atoms with van der Waals surface area (Å²) < 4.78 is 0. The van der Waals surface area contributed by atoms with Crippen LogP contribution in [0.15, 0.2) is 41.9 Å². The van der Waals surface area contributed by atoms with Crippen molar-refractivity contribution in [1.29, 1.82) is 0 Å². The fraction of sp³-hybridized carbons (Fsp3) is 0.500. The van der Waals surface area contributed by atoms with Crippen LogP contribution in [0.4, 0.5) is 5.13 Å². The second-order valence-electron chi connectivity index (χ2n) is 6.44. The molecule has 1 atom stereocenters. The van der Waals surface area contributed by atoms with Crippen LogP contribution in [-0.2, 0) is 6.54 Å². The van der Waals surface area contributed by atoms with Crippen molar-refractivity contribution in [1.82, 2.24) is 14.8 Å². The fourth-order valence-corrected chi connectivity index (χ4v) is 3.87. The number of anilines is 1. The van der Waals surface area contributed by atoms with Gasteiger partial charge in [-0.05, 0) is 12.6 Å². The summed E-state index contributed by atoms with van der Waals surface area (Å²) in [6.45, 7) is 6.25. The van der Waals surface area contributed by atoms with E-state index in [0.29, 0.717) is 6.54 Å². The van der Waals surface area contributed by atoms with Gasteiger partial charge in [-0.15, -0.1) is 11.3 Å². The molecule has 1 aliphatic heterocycles. The number of rotatable bonds is 7. The summed E-state index contributed by atoms with van der Waals surface area (Å²) in [5, 5.41) is 13.5. The predicted molar refractivity (Wildman–Crippen MR) is 99.5 cm³/mol. The average Bonchev–Trinajstić information content (AvgIpc) is 3.10. The minimum Gasteiger partial charge on any atom is -0.390 e. The van der Waals surface area contributed by atoms with E-state index in [2.05, 4.69) is 51.0 Å². The highest BCUT2D eigenvalue weighted by Crippen LogP contribution is 2.18. The van der Waals surface area contributed by atoms with Gasteiger partial charge in [-0.2, -0.15) is 0 Å². The third kappa shape index (κ3) is 5.01. The quantitative estimate of drug-likeness (QED) is 0.827. The van der Waals surface area contributed by atoms with Gasteiger partial charge in [-0.25, -0.2) is 4.98 Å². The molecular weight excluding hydrogens is 320 g/mol. The first-order valence-corrected chi connectivity index (χ1v) is 9.36. The molecular formula is C18H26N4OS. The van der Waals surface area contributed by atoms with E-state index < -0.39 is 0 Å². The van der Waals surface area contributed by atoms with Crippen LogP contribution in [-0.4, -0.2) is 72.3 Å². The number of β-amino-alcohol motifs (C(OH)–C–C–N with tert-alkyl or cyclic N) is 1. The van der Waals surface area contributed by atoms with Crippen molar-refractivity contribution in [2.45, 2.75) is 12.6 Å². The van der Waals surface area contributed by atoms with Crippen LogP contribution in [0.5, 0.6) is 0 Å². The van der Waals surface area contributed by atoms with Crippen LogP contribution in [0.3, 0.4) is 0 Å². The first kappa shape index (κ1) is 17.4. The van der Waals surface area contributed by atoms with E-state index in [1.165, 1.54) is 5.56 Å². The minimum atomic E-state index is -0.315. The molecule has 0 unspecified atom stereocenters.